The van der Waals surface area contributed by atoms with Gasteiger partial charge in [0.1, 0.15) is 18.8 Å². The Kier molecular flexibility index (Phi) is 5.13. The van der Waals surface area contributed by atoms with Crippen molar-refractivity contribution in [2.45, 2.75) is 0 Å². The number of piperazine rings is 1. The Morgan fingerprint density at radius 2 is 1.60 bits per heavy atom. The van der Waals surface area contributed by atoms with Gasteiger partial charge in [0.05, 0.1) is 46.5 Å². The maximum atomic E-state index is 5.49. The number of morpholine rings is 1. The van der Waals surface area contributed by atoms with Crippen LogP contribution < -0.4 is 22.0 Å². The van der Waals surface area contributed by atoms with E-state index >= 15 is 0 Å². The molecular weight excluding hydrogens is 276 g/mol. The molecule has 5 heteroatoms. The highest BCUT2D eigenvalue weighted by atomic mass is 35.5. The summed E-state index contributed by atoms with van der Waals surface area (Å²) >= 11 is 0. The summed E-state index contributed by atoms with van der Waals surface area (Å²) in [5, 5.41) is 0. The topological polar surface area (TPSA) is 21.7 Å². The smallest absolute Gasteiger partial charge is 0.119 e. The van der Waals surface area contributed by atoms with Crippen molar-refractivity contribution in [1.82, 2.24) is 0 Å². The SMILES string of the molecule is COc1ccc(N2CC[N+]3(CCOCC3)CC2)cc1.[Cl-]. The van der Waals surface area contributed by atoms with Crippen LogP contribution in [0.15, 0.2) is 24.3 Å². The van der Waals surface area contributed by atoms with Gasteiger partial charge in [-0.1, -0.05) is 0 Å². The molecule has 2 aliphatic rings. The third-order valence-corrected chi connectivity index (χ3v) is 4.55. The molecule has 1 aromatic carbocycles. The van der Waals surface area contributed by atoms with E-state index in [0.29, 0.717) is 0 Å². The lowest BCUT2D eigenvalue weighted by molar-refractivity contribution is -0.935. The number of ether oxygens (including phenoxy) is 2. The fourth-order valence-electron chi connectivity index (χ4n) is 3.12. The Morgan fingerprint density at radius 3 is 2.15 bits per heavy atom. The van der Waals surface area contributed by atoms with E-state index in [1.165, 1.54) is 36.3 Å². The maximum Gasteiger partial charge on any atom is 0.119 e. The summed E-state index contributed by atoms with van der Waals surface area (Å²) in [5.41, 5.74) is 1.31. The Balaban J connectivity index is 0.00000147. The molecule has 0 aromatic heterocycles. The first-order valence-corrected chi connectivity index (χ1v) is 7.13. The van der Waals surface area contributed by atoms with Crippen molar-refractivity contribution >= 4 is 5.69 Å². The zero-order valence-corrected chi connectivity index (χ0v) is 12.8. The molecule has 3 rings (SSSR count). The molecule has 1 spiro atoms. The first-order chi connectivity index (χ1) is 9.31. The van der Waals surface area contributed by atoms with E-state index < -0.39 is 0 Å². The van der Waals surface area contributed by atoms with Crippen molar-refractivity contribution in [1.29, 1.82) is 0 Å². The lowest BCUT2D eigenvalue weighted by Gasteiger charge is -2.47. The Bertz CT molecular complexity index is 408. The van der Waals surface area contributed by atoms with Crippen LogP contribution in [0.4, 0.5) is 5.69 Å². The second-order valence-corrected chi connectivity index (χ2v) is 5.53. The van der Waals surface area contributed by atoms with Gasteiger partial charge in [0.2, 0.25) is 0 Å². The summed E-state index contributed by atoms with van der Waals surface area (Å²) in [5.74, 6) is 0.928. The molecule has 0 unspecified atom stereocenters. The summed E-state index contributed by atoms with van der Waals surface area (Å²) < 4.78 is 12.0. The number of hydrogen-bond donors (Lipinski definition) is 0. The predicted octanol–water partition coefficient (Wildman–Crippen LogP) is -1.63. The molecule has 2 fully saturated rings. The molecular formula is C15H23ClN2O2. The minimum Gasteiger partial charge on any atom is -1.00 e. The van der Waals surface area contributed by atoms with Gasteiger partial charge < -0.3 is 31.3 Å². The molecule has 0 atom stereocenters. The molecule has 1 aromatic rings. The van der Waals surface area contributed by atoms with Gasteiger partial charge in [0.25, 0.3) is 0 Å². The van der Waals surface area contributed by atoms with E-state index in [2.05, 4.69) is 17.0 Å². The van der Waals surface area contributed by atoms with E-state index in [-0.39, 0.29) is 12.4 Å². The van der Waals surface area contributed by atoms with E-state index in [1.54, 1.807) is 7.11 Å². The van der Waals surface area contributed by atoms with Crippen LogP contribution in [0, 0.1) is 0 Å². The molecule has 2 heterocycles. The van der Waals surface area contributed by atoms with Crippen LogP contribution in [0.5, 0.6) is 5.75 Å². The number of anilines is 1. The van der Waals surface area contributed by atoms with Gasteiger partial charge in [-0.15, -0.1) is 0 Å². The Morgan fingerprint density at radius 1 is 1.00 bits per heavy atom. The quantitative estimate of drug-likeness (QED) is 0.612. The summed E-state index contributed by atoms with van der Waals surface area (Å²) in [6.07, 6.45) is 0. The first-order valence-electron chi connectivity index (χ1n) is 7.13. The summed E-state index contributed by atoms with van der Waals surface area (Å²) in [6, 6.07) is 8.41. The largest absolute Gasteiger partial charge is 1.00 e. The van der Waals surface area contributed by atoms with Crippen LogP contribution in [0.1, 0.15) is 0 Å². The Labute approximate surface area is 127 Å². The molecule has 0 saturated carbocycles. The number of hydrogen-bond acceptors (Lipinski definition) is 3. The highest BCUT2D eigenvalue weighted by Gasteiger charge is 2.34. The van der Waals surface area contributed by atoms with E-state index in [0.717, 1.165) is 32.1 Å². The van der Waals surface area contributed by atoms with Crippen molar-refractivity contribution in [3.8, 4) is 5.75 Å². The molecule has 0 amide bonds. The molecule has 20 heavy (non-hydrogen) atoms. The normalized spacial score (nSPS) is 21.4. The minimum atomic E-state index is 0. The summed E-state index contributed by atoms with van der Waals surface area (Å²) in [4.78, 5) is 2.48. The van der Waals surface area contributed by atoms with Gasteiger partial charge in [0.15, 0.2) is 0 Å². The van der Waals surface area contributed by atoms with Crippen molar-refractivity contribution in [3.63, 3.8) is 0 Å². The van der Waals surface area contributed by atoms with Crippen LogP contribution >= 0.6 is 0 Å². The monoisotopic (exact) mass is 298 g/mol. The number of benzene rings is 1. The molecule has 0 bridgehead atoms. The summed E-state index contributed by atoms with van der Waals surface area (Å²) in [6.45, 7) is 9.03. The molecule has 2 saturated heterocycles. The van der Waals surface area contributed by atoms with Gasteiger partial charge in [0, 0.05) is 5.69 Å². The van der Waals surface area contributed by atoms with Gasteiger partial charge >= 0.3 is 0 Å². The van der Waals surface area contributed by atoms with Crippen molar-refractivity contribution < 1.29 is 26.4 Å². The second-order valence-electron chi connectivity index (χ2n) is 5.53. The van der Waals surface area contributed by atoms with Crippen LogP contribution in [0.3, 0.4) is 0 Å². The number of quaternary nitrogens is 1. The molecule has 4 nitrogen and oxygen atoms in total. The minimum absolute atomic E-state index is 0. The van der Waals surface area contributed by atoms with Crippen LogP contribution in [-0.2, 0) is 4.74 Å². The lowest BCUT2D eigenvalue weighted by Crippen LogP contribution is -3.00. The zero-order valence-electron chi connectivity index (χ0n) is 12.1. The van der Waals surface area contributed by atoms with Crippen LogP contribution in [-0.4, -0.2) is 64.1 Å². The second kappa shape index (κ2) is 6.66. The van der Waals surface area contributed by atoms with Crippen LogP contribution in [0.2, 0.25) is 0 Å². The van der Waals surface area contributed by atoms with E-state index in [4.69, 9.17) is 9.47 Å². The molecule has 0 aliphatic carbocycles. The summed E-state index contributed by atoms with van der Waals surface area (Å²) in [7, 11) is 1.71. The van der Waals surface area contributed by atoms with Crippen molar-refractivity contribution in [3.05, 3.63) is 24.3 Å². The number of rotatable bonds is 2. The third kappa shape index (κ3) is 3.19. The number of nitrogens with zero attached hydrogens (tertiary/aromatic N) is 2. The van der Waals surface area contributed by atoms with Crippen molar-refractivity contribution in [2.75, 3.05) is 64.5 Å². The van der Waals surface area contributed by atoms with E-state index in [9.17, 15) is 0 Å². The highest BCUT2D eigenvalue weighted by Crippen LogP contribution is 2.23. The molecule has 112 valence electrons. The fourth-order valence-corrected chi connectivity index (χ4v) is 3.12. The maximum absolute atomic E-state index is 5.49. The van der Waals surface area contributed by atoms with Crippen LogP contribution in [0.25, 0.3) is 0 Å². The average Bonchev–Trinajstić information content (AvgIpc) is 2.49. The van der Waals surface area contributed by atoms with Crippen molar-refractivity contribution in [2.24, 2.45) is 0 Å². The molecule has 2 aliphatic heterocycles. The van der Waals surface area contributed by atoms with E-state index in [1.807, 2.05) is 12.1 Å². The number of halogens is 1. The Hall–Kier alpha value is -0.970. The highest BCUT2D eigenvalue weighted by molar-refractivity contribution is 5.49. The van der Waals surface area contributed by atoms with Gasteiger partial charge in [-0.2, -0.15) is 0 Å². The number of methoxy groups -OCH3 is 1. The van der Waals surface area contributed by atoms with Gasteiger partial charge in [-0.25, -0.2) is 0 Å². The fraction of sp³-hybridized carbons (Fsp3) is 0.600. The average molecular weight is 299 g/mol. The first kappa shape index (κ1) is 15.4. The zero-order chi connectivity index (χ0) is 13.1. The predicted molar refractivity (Wildman–Crippen MR) is 75.8 cm³/mol. The molecule has 0 N–H and O–H groups in total. The lowest BCUT2D eigenvalue weighted by atomic mass is 10.2. The van der Waals surface area contributed by atoms with Gasteiger partial charge in [-0.3, -0.25) is 0 Å². The van der Waals surface area contributed by atoms with Gasteiger partial charge in [-0.05, 0) is 24.3 Å². The third-order valence-electron chi connectivity index (χ3n) is 4.55. The molecule has 0 radical (unpaired) electrons. The standard InChI is InChI=1S/C15H23N2O2.ClH/c1-18-15-4-2-14(3-5-15)16-6-8-17(9-7-16)10-12-19-13-11-17;/h2-5H,6-13H2,1H3;1H/q+1;/p-1.